The highest BCUT2D eigenvalue weighted by Crippen LogP contribution is 2.31. The zero-order valence-corrected chi connectivity index (χ0v) is 10.8. The maximum Gasteiger partial charge on any atom is 0.194 e. The van der Waals surface area contributed by atoms with Crippen molar-refractivity contribution in [2.45, 2.75) is 6.92 Å². The van der Waals surface area contributed by atoms with Crippen LogP contribution in [0.2, 0.25) is 0 Å². The van der Waals surface area contributed by atoms with Gasteiger partial charge in [0, 0.05) is 21.4 Å². The van der Waals surface area contributed by atoms with E-state index in [0.29, 0.717) is 30.3 Å². The molecule has 0 amide bonds. The Balaban J connectivity index is 1.95. The summed E-state index contributed by atoms with van der Waals surface area (Å²) in [7, 11) is 0. The maximum absolute atomic E-state index is 12.3. The molecule has 92 valence electrons. The summed E-state index contributed by atoms with van der Waals surface area (Å²) in [6, 6.07) is 7.23. The van der Waals surface area contributed by atoms with E-state index in [1.807, 2.05) is 18.4 Å². The molecule has 0 spiro atoms. The average molecular weight is 260 g/mol. The van der Waals surface area contributed by atoms with E-state index in [1.165, 1.54) is 0 Å². The molecule has 1 aromatic heterocycles. The lowest BCUT2D eigenvalue weighted by molar-refractivity contribution is 0.103. The van der Waals surface area contributed by atoms with Crippen molar-refractivity contribution < 1.29 is 14.3 Å². The minimum Gasteiger partial charge on any atom is -0.486 e. The average Bonchev–Trinajstić information content (AvgIpc) is 2.84. The SMILES string of the molecule is Cc1cc(C(=O)c2ccc3c(c2)OCCO3)cs1. The summed E-state index contributed by atoms with van der Waals surface area (Å²) >= 11 is 1.58. The number of aryl methyl sites for hydroxylation is 1. The van der Waals surface area contributed by atoms with Crippen LogP contribution in [0.25, 0.3) is 0 Å². The lowest BCUT2D eigenvalue weighted by Crippen LogP contribution is -2.15. The second kappa shape index (κ2) is 4.46. The van der Waals surface area contributed by atoms with Gasteiger partial charge in [0.25, 0.3) is 0 Å². The Morgan fingerprint density at radius 1 is 1.11 bits per heavy atom. The largest absolute Gasteiger partial charge is 0.486 e. The van der Waals surface area contributed by atoms with E-state index in [-0.39, 0.29) is 5.78 Å². The molecule has 1 aromatic carbocycles. The Labute approximate surface area is 109 Å². The number of ketones is 1. The van der Waals surface area contributed by atoms with Crippen molar-refractivity contribution in [3.05, 3.63) is 45.6 Å². The van der Waals surface area contributed by atoms with Crippen LogP contribution in [0.15, 0.2) is 29.6 Å². The molecule has 1 aliphatic heterocycles. The van der Waals surface area contributed by atoms with Gasteiger partial charge < -0.3 is 9.47 Å². The Bertz CT molecular complexity index is 601. The van der Waals surface area contributed by atoms with Crippen LogP contribution in [0, 0.1) is 6.92 Å². The zero-order chi connectivity index (χ0) is 12.5. The molecule has 0 aliphatic carbocycles. The number of thiophene rings is 1. The van der Waals surface area contributed by atoms with E-state index >= 15 is 0 Å². The second-order valence-electron chi connectivity index (χ2n) is 4.13. The molecule has 0 N–H and O–H groups in total. The van der Waals surface area contributed by atoms with Gasteiger partial charge >= 0.3 is 0 Å². The molecule has 0 bridgehead atoms. The first-order chi connectivity index (χ1) is 8.74. The normalized spacial score (nSPS) is 13.4. The molecule has 0 fully saturated rings. The molecule has 0 radical (unpaired) electrons. The first-order valence-corrected chi connectivity index (χ1v) is 6.61. The third-order valence-corrected chi connectivity index (χ3v) is 3.66. The third kappa shape index (κ3) is 1.99. The highest BCUT2D eigenvalue weighted by molar-refractivity contribution is 7.10. The number of fused-ring (bicyclic) bond motifs is 1. The predicted molar refractivity (Wildman–Crippen MR) is 69.9 cm³/mol. The molecule has 0 saturated heterocycles. The van der Waals surface area contributed by atoms with E-state index in [0.717, 1.165) is 10.4 Å². The van der Waals surface area contributed by atoms with Gasteiger partial charge in [-0.15, -0.1) is 11.3 Å². The van der Waals surface area contributed by atoms with Crippen LogP contribution in [0.5, 0.6) is 11.5 Å². The van der Waals surface area contributed by atoms with Crippen molar-refractivity contribution in [1.82, 2.24) is 0 Å². The van der Waals surface area contributed by atoms with Crippen LogP contribution in [0.1, 0.15) is 20.8 Å². The molecule has 0 saturated carbocycles. The van der Waals surface area contributed by atoms with Crippen molar-refractivity contribution >= 4 is 17.1 Å². The number of benzene rings is 1. The minimum absolute atomic E-state index is 0.0244. The smallest absolute Gasteiger partial charge is 0.194 e. The monoisotopic (exact) mass is 260 g/mol. The van der Waals surface area contributed by atoms with Crippen LogP contribution in [-0.4, -0.2) is 19.0 Å². The summed E-state index contributed by atoms with van der Waals surface area (Å²) < 4.78 is 10.9. The van der Waals surface area contributed by atoms with Gasteiger partial charge in [-0.1, -0.05) is 0 Å². The van der Waals surface area contributed by atoms with Gasteiger partial charge in [-0.25, -0.2) is 0 Å². The first kappa shape index (κ1) is 11.3. The van der Waals surface area contributed by atoms with E-state index in [1.54, 1.807) is 29.5 Å². The zero-order valence-electron chi connectivity index (χ0n) is 9.93. The summed E-state index contributed by atoms with van der Waals surface area (Å²) in [5.41, 5.74) is 1.37. The number of carbonyl (C=O) groups is 1. The molecule has 1 aliphatic rings. The van der Waals surface area contributed by atoms with Crippen molar-refractivity contribution in [1.29, 1.82) is 0 Å². The summed E-state index contributed by atoms with van der Waals surface area (Å²) in [5, 5.41) is 1.88. The molecular weight excluding hydrogens is 248 g/mol. The van der Waals surface area contributed by atoms with Gasteiger partial charge in [0.05, 0.1) is 0 Å². The minimum atomic E-state index is 0.0244. The van der Waals surface area contributed by atoms with E-state index in [2.05, 4.69) is 0 Å². The number of hydrogen-bond acceptors (Lipinski definition) is 4. The molecule has 0 atom stereocenters. The third-order valence-electron chi connectivity index (χ3n) is 2.80. The summed E-state index contributed by atoms with van der Waals surface area (Å²) in [5.74, 6) is 1.38. The van der Waals surface area contributed by atoms with Gasteiger partial charge in [-0.05, 0) is 31.2 Å². The van der Waals surface area contributed by atoms with Crippen LogP contribution in [-0.2, 0) is 0 Å². The lowest BCUT2D eigenvalue weighted by Gasteiger charge is -2.18. The molecule has 3 rings (SSSR count). The van der Waals surface area contributed by atoms with Gasteiger partial charge in [0.2, 0.25) is 0 Å². The Kier molecular flexibility index (Phi) is 2.80. The molecule has 2 aromatic rings. The summed E-state index contributed by atoms with van der Waals surface area (Å²) in [4.78, 5) is 13.4. The van der Waals surface area contributed by atoms with E-state index in [4.69, 9.17) is 9.47 Å². The number of hydrogen-bond donors (Lipinski definition) is 0. The number of carbonyl (C=O) groups excluding carboxylic acids is 1. The van der Waals surface area contributed by atoms with Crippen molar-refractivity contribution in [2.75, 3.05) is 13.2 Å². The highest BCUT2D eigenvalue weighted by Gasteiger charge is 2.16. The van der Waals surface area contributed by atoms with E-state index in [9.17, 15) is 4.79 Å². The van der Waals surface area contributed by atoms with Gasteiger partial charge in [-0.3, -0.25) is 4.79 Å². The predicted octanol–water partition coefficient (Wildman–Crippen LogP) is 3.06. The molecule has 2 heterocycles. The van der Waals surface area contributed by atoms with Crippen LogP contribution >= 0.6 is 11.3 Å². The topological polar surface area (TPSA) is 35.5 Å². The summed E-state index contributed by atoms with van der Waals surface area (Å²) in [6.45, 7) is 3.08. The molecule has 0 unspecified atom stereocenters. The fourth-order valence-corrected chi connectivity index (χ4v) is 2.60. The summed E-state index contributed by atoms with van der Waals surface area (Å²) in [6.07, 6.45) is 0. The van der Waals surface area contributed by atoms with Crippen LogP contribution in [0.4, 0.5) is 0 Å². The second-order valence-corrected chi connectivity index (χ2v) is 5.25. The van der Waals surface area contributed by atoms with Crippen LogP contribution < -0.4 is 9.47 Å². The fourth-order valence-electron chi connectivity index (χ4n) is 1.91. The molecule has 3 nitrogen and oxygen atoms in total. The van der Waals surface area contributed by atoms with Crippen LogP contribution in [0.3, 0.4) is 0 Å². The Hall–Kier alpha value is -1.81. The van der Waals surface area contributed by atoms with Gasteiger partial charge in [-0.2, -0.15) is 0 Å². The molecule has 18 heavy (non-hydrogen) atoms. The fraction of sp³-hybridized carbons (Fsp3) is 0.214. The van der Waals surface area contributed by atoms with Crippen molar-refractivity contribution in [3.8, 4) is 11.5 Å². The first-order valence-electron chi connectivity index (χ1n) is 5.73. The number of rotatable bonds is 2. The number of ether oxygens (including phenoxy) is 2. The van der Waals surface area contributed by atoms with Crippen molar-refractivity contribution in [2.24, 2.45) is 0 Å². The molecule has 4 heteroatoms. The highest BCUT2D eigenvalue weighted by atomic mass is 32.1. The Morgan fingerprint density at radius 3 is 2.61 bits per heavy atom. The molecular formula is C14H12O3S. The van der Waals surface area contributed by atoms with Gasteiger partial charge in [0.15, 0.2) is 17.3 Å². The van der Waals surface area contributed by atoms with E-state index < -0.39 is 0 Å². The lowest BCUT2D eigenvalue weighted by atomic mass is 10.1. The van der Waals surface area contributed by atoms with Crippen molar-refractivity contribution in [3.63, 3.8) is 0 Å². The quantitative estimate of drug-likeness (QED) is 0.778. The Morgan fingerprint density at radius 2 is 1.89 bits per heavy atom. The maximum atomic E-state index is 12.3. The van der Waals surface area contributed by atoms with Gasteiger partial charge in [0.1, 0.15) is 13.2 Å². The standard InChI is InChI=1S/C14H12O3S/c1-9-6-11(8-18-9)14(15)10-2-3-12-13(7-10)17-5-4-16-12/h2-3,6-8H,4-5H2,1H3.